The van der Waals surface area contributed by atoms with E-state index in [0.29, 0.717) is 0 Å². The predicted molar refractivity (Wildman–Crippen MR) is 79.1 cm³/mol. The maximum absolute atomic E-state index is 11.5. The van der Waals surface area contributed by atoms with Crippen LogP contribution in [-0.2, 0) is 11.3 Å². The van der Waals surface area contributed by atoms with Crippen LogP contribution in [0.4, 0.5) is 4.79 Å². The number of alkyl carbamates (subject to hydrolysis) is 1. The summed E-state index contributed by atoms with van der Waals surface area (Å²) < 4.78 is 11.1. The Balaban J connectivity index is 2.86. The zero-order chi connectivity index (χ0) is 17.8. The highest BCUT2D eigenvalue weighted by atomic mass is 16.6. The van der Waals surface area contributed by atoms with Crippen molar-refractivity contribution in [1.82, 2.24) is 9.88 Å². The fourth-order valence-electron chi connectivity index (χ4n) is 1.88. The Morgan fingerprint density at radius 3 is 2.26 bits per heavy atom. The highest BCUT2D eigenvalue weighted by Crippen LogP contribution is 2.26. The van der Waals surface area contributed by atoms with Crippen LogP contribution in [0.3, 0.4) is 0 Å². The molecular formula is C14H20N2O7. The van der Waals surface area contributed by atoms with Gasteiger partial charge in [0.25, 0.3) is 0 Å². The summed E-state index contributed by atoms with van der Waals surface area (Å²) in [4.78, 5) is 34.0. The largest absolute Gasteiger partial charge is 0.493 e. The molecule has 1 amide bonds. The lowest BCUT2D eigenvalue weighted by Gasteiger charge is -2.19. The second-order valence-electron chi connectivity index (χ2n) is 5.66. The topological polar surface area (TPSA) is 127 Å². The molecule has 0 spiro atoms. The molecule has 9 heteroatoms. The van der Waals surface area contributed by atoms with Crippen LogP contribution >= 0.6 is 0 Å². The minimum Gasteiger partial charge on any atom is -0.493 e. The maximum atomic E-state index is 11.5. The van der Waals surface area contributed by atoms with E-state index in [0.717, 1.165) is 6.20 Å². The minimum absolute atomic E-state index is 0.0461. The van der Waals surface area contributed by atoms with Gasteiger partial charge in [-0.25, -0.2) is 14.4 Å². The van der Waals surface area contributed by atoms with Gasteiger partial charge in [0.15, 0.2) is 11.4 Å². The van der Waals surface area contributed by atoms with Crippen LogP contribution in [0, 0.1) is 0 Å². The molecule has 0 fully saturated rings. The minimum atomic E-state index is -1.33. The van der Waals surface area contributed by atoms with Gasteiger partial charge in [0.05, 0.1) is 7.11 Å². The number of nitrogens with zero attached hydrogens (tertiary/aromatic N) is 1. The third-order valence-corrected chi connectivity index (χ3v) is 2.69. The molecule has 0 radical (unpaired) electrons. The molecule has 0 atom stereocenters. The molecule has 0 aromatic carbocycles. The molecule has 1 aromatic rings. The van der Waals surface area contributed by atoms with E-state index in [1.165, 1.54) is 11.7 Å². The molecule has 0 aliphatic carbocycles. The van der Waals surface area contributed by atoms with Crippen LogP contribution in [0.2, 0.25) is 0 Å². The quantitative estimate of drug-likeness (QED) is 0.720. The number of carbonyl (C=O) groups excluding carboxylic acids is 1. The molecule has 0 aliphatic heterocycles. The van der Waals surface area contributed by atoms with Crippen molar-refractivity contribution in [3.05, 3.63) is 17.5 Å². The van der Waals surface area contributed by atoms with Gasteiger partial charge in [-0.15, -0.1) is 0 Å². The summed E-state index contributed by atoms with van der Waals surface area (Å²) in [5.74, 6) is -2.86. The van der Waals surface area contributed by atoms with E-state index >= 15 is 0 Å². The highest BCUT2D eigenvalue weighted by molar-refractivity contribution is 5.98. The van der Waals surface area contributed by atoms with Gasteiger partial charge < -0.3 is 29.6 Å². The fourth-order valence-corrected chi connectivity index (χ4v) is 1.88. The number of aromatic carboxylic acids is 2. The number of carboxylic acids is 2. The van der Waals surface area contributed by atoms with E-state index in [2.05, 4.69) is 5.32 Å². The Labute approximate surface area is 132 Å². The molecule has 0 saturated heterocycles. The van der Waals surface area contributed by atoms with Gasteiger partial charge in [0, 0.05) is 19.3 Å². The number of ether oxygens (including phenoxy) is 2. The van der Waals surface area contributed by atoms with Gasteiger partial charge in [-0.1, -0.05) is 0 Å². The van der Waals surface area contributed by atoms with Gasteiger partial charge in [-0.2, -0.15) is 0 Å². The Morgan fingerprint density at radius 2 is 1.83 bits per heavy atom. The van der Waals surface area contributed by atoms with Crippen molar-refractivity contribution in [3.63, 3.8) is 0 Å². The zero-order valence-electron chi connectivity index (χ0n) is 13.4. The van der Waals surface area contributed by atoms with E-state index < -0.39 is 23.6 Å². The van der Waals surface area contributed by atoms with Crippen molar-refractivity contribution in [2.45, 2.75) is 32.9 Å². The summed E-state index contributed by atoms with van der Waals surface area (Å²) in [6, 6.07) is 0. The van der Waals surface area contributed by atoms with Gasteiger partial charge in [-0.05, 0) is 20.8 Å². The van der Waals surface area contributed by atoms with E-state index in [1.54, 1.807) is 20.8 Å². The van der Waals surface area contributed by atoms with Crippen LogP contribution in [0.25, 0.3) is 0 Å². The van der Waals surface area contributed by atoms with Crippen LogP contribution < -0.4 is 10.1 Å². The number of hydrogen-bond acceptors (Lipinski definition) is 5. The monoisotopic (exact) mass is 328 g/mol. The number of rotatable bonds is 6. The van der Waals surface area contributed by atoms with Crippen LogP contribution in [0.15, 0.2) is 6.20 Å². The number of nitrogens with one attached hydrogen (secondary N) is 1. The molecule has 0 unspecified atom stereocenters. The lowest BCUT2D eigenvalue weighted by atomic mass is 10.2. The number of methoxy groups -OCH3 is 1. The molecule has 128 valence electrons. The Kier molecular flexibility index (Phi) is 5.61. The molecule has 1 heterocycles. The summed E-state index contributed by atoms with van der Waals surface area (Å²) in [7, 11) is 1.19. The SMILES string of the molecule is COc1c(C(=O)O)cn(CCNC(=O)OC(C)(C)C)c1C(=O)O. The average Bonchev–Trinajstić information content (AvgIpc) is 2.75. The summed E-state index contributed by atoms with van der Waals surface area (Å²) in [5.41, 5.74) is -1.21. The molecule has 0 aliphatic rings. The first-order valence-corrected chi connectivity index (χ1v) is 6.77. The first kappa shape index (κ1) is 18.3. The van der Waals surface area contributed by atoms with Gasteiger partial charge in [-0.3, -0.25) is 0 Å². The summed E-state index contributed by atoms with van der Waals surface area (Å²) in [5, 5.41) is 20.8. The maximum Gasteiger partial charge on any atom is 0.407 e. The van der Waals surface area contributed by atoms with Gasteiger partial charge in [0.1, 0.15) is 11.2 Å². The number of amides is 1. The molecule has 0 saturated carbocycles. The first-order chi connectivity index (χ1) is 10.6. The van der Waals surface area contributed by atoms with Crippen LogP contribution in [0.1, 0.15) is 41.6 Å². The average molecular weight is 328 g/mol. The van der Waals surface area contributed by atoms with Crippen LogP contribution in [-0.4, -0.2) is 52.1 Å². The van der Waals surface area contributed by atoms with Crippen molar-refractivity contribution in [1.29, 1.82) is 0 Å². The molecule has 3 N–H and O–H groups in total. The van der Waals surface area contributed by atoms with E-state index in [-0.39, 0.29) is 30.1 Å². The highest BCUT2D eigenvalue weighted by Gasteiger charge is 2.26. The predicted octanol–water partition coefficient (Wildman–Crippen LogP) is 1.42. The fraction of sp³-hybridized carbons (Fsp3) is 0.500. The zero-order valence-corrected chi connectivity index (χ0v) is 13.4. The summed E-state index contributed by atoms with van der Waals surface area (Å²) in [6.45, 7) is 5.25. The standard InChI is InChI=1S/C14H20N2O7/c1-14(2,3)23-13(21)15-5-6-16-7-8(11(17)18)10(22-4)9(16)12(19)20/h7H,5-6H2,1-4H3,(H,15,21)(H,17,18)(H,19,20). The molecule has 0 bridgehead atoms. The molecule has 9 nitrogen and oxygen atoms in total. The molecule has 1 aromatic heterocycles. The number of carboxylic acid groups (broad SMARTS) is 2. The van der Waals surface area contributed by atoms with Gasteiger partial charge in [0.2, 0.25) is 0 Å². The second-order valence-corrected chi connectivity index (χ2v) is 5.66. The van der Waals surface area contributed by atoms with Crippen molar-refractivity contribution in [2.24, 2.45) is 0 Å². The Hall–Kier alpha value is -2.71. The van der Waals surface area contributed by atoms with E-state index in [1.807, 2.05) is 0 Å². The molecule has 23 heavy (non-hydrogen) atoms. The smallest absolute Gasteiger partial charge is 0.407 e. The van der Waals surface area contributed by atoms with Crippen molar-refractivity contribution in [3.8, 4) is 5.75 Å². The first-order valence-electron chi connectivity index (χ1n) is 6.77. The van der Waals surface area contributed by atoms with Crippen molar-refractivity contribution < 1.29 is 34.1 Å². The number of aromatic nitrogens is 1. The number of hydrogen-bond donors (Lipinski definition) is 3. The summed E-state index contributed by atoms with van der Waals surface area (Å²) >= 11 is 0. The third-order valence-electron chi connectivity index (χ3n) is 2.69. The lowest BCUT2D eigenvalue weighted by molar-refractivity contribution is 0.0525. The van der Waals surface area contributed by atoms with Crippen LogP contribution in [0.5, 0.6) is 5.75 Å². The summed E-state index contributed by atoms with van der Waals surface area (Å²) in [6.07, 6.45) is 0.508. The molecule has 1 rings (SSSR count). The van der Waals surface area contributed by atoms with Crippen molar-refractivity contribution in [2.75, 3.05) is 13.7 Å². The lowest BCUT2D eigenvalue weighted by Crippen LogP contribution is -2.34. The van der Waals surface area contributed by atoms with Crippen molar-refractivity contribution >= 4 is 18.0 Å². The molecular weight excluding hydrogens is 308 g/mol. The second kappa shape index (κ2) is 7.03. The van der Waals surface area contributed by atoms with E-state index in [9.17, 15) is 19.5 Å². The number of carbonyl (C=O) groups is 3. The van der Waals surface area contributed by atoms with Gasteiger partial charge >= 0.3 is 18.0 Å². The Bertz CT molecular complexity index is 613. The van der Waals surface area contributed by atoms with E-state index in [4.69, 9.17) is 14.6 Å². The normalized spacial score (nSPS) is 11.0. The Morgan fingerprint density at radius 1 is 1.22 bits per heavy atom. The third kappa shape index (κ3) is 4.90.